The van der Waals surface area contributed by atoms with Crippen LogP contribution in [0.1, 0.15) is 27.0 Å². The highest BCUT2D eigenvalue weighted by molar-refractivity contribution is 6.04. The van der Waals surface area contributed by atoms with Gasteiger partial charge in [0.1, 0.15) is 5.82 Å². The zero-order valence-electron chi connectivity index (χ0n) is 18.9. The van der Waals surface area contributed by atoms with E-state index >= 15 is 0 Å². The van der Waals surface area contributed by atoms with Crippen molar-refractivity contribution in [3.05, 3.63) is 89.1 Å². The Morgan fingerprint density at radius 3 is 2.08 bits per heavy atom. The second kappa shape index (κ2) is 10.2. The molecule has 4 rings (SSSR count). The Morgan fingerprint density at radius 2 is 1.50 bits per heavy atom. The van der Waals surface area contributed by atoms with E-state index < -0.39 is 29.4 Å². The summed E-state index contributed by atoms with van der Waals surface area (Å²) in [6.07, 6.45) is -7.45. The van der Waals surface area contributed by atoms with Crippen molar-refractivity contribution in [2.45, 2.75) is 18.9 Å². The molecule has 1 fully saturated rings. The molecule has 190 valence electrons. The minimum absolute atomic E-state index is 0.113. The van der Waals surface area contributed by atoms with Crippen LogP contribution in [-0.2, 0) is 18.9 Å². The third-order valence-electron chi connectivity index (χ3n) is 5.84. The van der Waals surface area contributed by atoms with E-state index in [9.17, 15) is 31.1 Å². The van der Waals surface area contributed by atoms with Crippen molar-refractivity contribution >= 4 is 17.4 Å². The first kappa shape index (κ1) is 25.5. The molecule has 0 atom stereocenters. The predicted octanol–water partition coefficient (Wildman–Crippen LogP) is 5.69. The summed E-state index contributed by atoms with van der Waals surface area (Å²) in [5.74, 6) is 0.00813. The number of hydrogen-bond acceptors (Lipinski definition) is 4. The smallest absolute Gasteiger partial charge is 0.354 e. The largest absolute Gasteiger partial charge is 0.416 e. The molecule has 1 aliphatic rings. The maximum atomic E-state index is 12.9. The molecule has 1 saturated heterocycles. The third kappa shape index (κ3) is 6.34. The van der Waals surface area contributed by atoms with Gasteiger partial charge in [-0.05, 0) is 48.0 Å². The van der Waals surface area contributed by atoms with Crippen LogP contribution in [0.2, 0.25) is 0 Å². The lowest BCUT2D eigenvalue weighted by atomic mass is 10.1. The Hall–Kier alpha value is -3.60. The van der Waals surface area contributed by atoms with Gasteiger partial charge in [0.15, 0.2) is 0 Å². The highest BCUT2D eigenvalue weighted by Crippen LogP contribution is 2.30. The maximum absolute atomic E-state index is 12.9. The summed E-state index contributed by atoms with van der Waals surface area (Å²) < 4.78 is 76.8. The molecule has 5 nitrogen and oxygen atoms in total. The number of anilines is 2. The van der Waals surface area contributed by atoms with Gasteiger partial charge in [-0.15, -0.1) is 0 Å². The lowest BCUT2D eigenvalue weighted by molar-refractivity contribution is -0.138. The second-order valence-corrected chi connectivity index (χ2v) is 8.40. The average Bonchev–Trinajstić information content (AvgIpc) is 2.84. The zero-order chi connectivity index (χ0) is 25.9. The fourth-order valence-electron chi connectivity index (χ4n) is 3.88. The van der Waals surface area contributed by atoms with Crippen molar-refractivity contribution in [3.8, 4) is 0 Å². The number of piperazine rings is 1. The van der Waals surface area contributed by atoms with Crippen molar-refractivity contribution in [1.82, 2.24) is 9.88 Å². The van der Waals surface area contributed by atoms with Crippen LogP contribution >= 0.6 is 0 Å². The predicted molar refractivity (Wildman–Crippen MR) is 123 cm³/mol. The number of carbonyl (C=O) groups excluding carboxylic acids is 1. The van der Waals surface area contributed by atoms with Gasteiger partial charge in [0.05, 0.1) is 23.0 Å². The highest BCUT2D eigenvalue weighted by Gasteiger charge is 2.31. The maximum Gasteiger partial charge on any atom is 0.416 e. The fraction of sp³-hybridized carbons (Fsp3) is 0.280. The molecule has 0 spiro atoms. The van der Waals surface area contributed by atoms with Gasteiger partial charge in [0.2, 0.25) is 0 Å². The first-order chi connectivity index (χ1) is 17.0. The summed E-state index contributed by atoms with van der Waals surface area (Å²) in [4.78, 5) is 20.9. The van der Waals surface area contributed by atoms with E-state index in [2.05, 4.69) is 15.2 Å². The van der Waals surface area contributed by atoms with E-state index in [1.54, 1.807) is 12.1 Å². The number of hydrogen-bond donors (Lipinski definition) is 1. The van der Waals surface area contributed by atoms with Crippen LogP contribution in [0.4, 0.5) is 37.8 Å². The summed E-state index contributed by atoms with van der Waals surface area (Å²) >= 11 is 0. The van der Waals surface area contributed by atoms with Crippen LogP contribution in [0.3, 0.4) is 0 Å². The topological polar surface area (TPSA) is 48.5 Å². The molecule has 1 N–H and O–H groups in total. The molecule has 0 bridgehead atoms. The lowest BCUT2D eigenvalue weighted by Gasteiger charge is -2.35. The molecule has 1 amide bonds. The van der Waals surface area contributed by atoms with Crippen LogP contribution in [0.25, 0.3) is 0 Å². The Kier molecular flexibility index (Phi) is 7.21. The molecule has 36 heavy (non-hydrogen) atoms. The quantitative estimate of drug-likeness (QED) is 0.450. The summed E-state index contributed by atoms with van der Waals surface area (Å²) in [6.45, 7) is 3.24. The van der Waals surface area contributed by atoms with Gasteiger partial charge in [-0.2, -0.15) is 26.3 Å². The molecule has 1 aromatic heterocycles. The summed E-state index contributed by atoms with van der Waals surface area (Å²) in [6, 6.07) is 12.7. The van der Waals surface area contributed by atoms with Gasteiger partial charge in [0, 0.05) is 38.3 Å². The number of amides is 1. The van der Waals surface area contributed by atoms with E-state index in [0.29, 0.717) is 44.2 Å². The van der Waals surface area contributed by atoms with Gasteiger partial charge >= 0.3 is 12.4 Å². The molecule has 0 saturated carbocycles. The first-order valence-corrected chi connectivity index (χ1v) is 11.1. The van der Waals surface area contributed by atoms with Crippen molar-refractivity contribution in [3.63, 3.8) is 0 Å². The van der Waals surface area contributed by atoms with Crippen LogP contribution < -0.4 is 10.2 Å². The normalized spacial score (nSPS) is 15.1. The Morgan fingerprint density at radius 1 is 0.833 bits per heavy atom. The van der Waals surface area contributed by atoms with Gasteiger partial charge in [-0.25, -0.2) is 4.98 Å². The van der Waals surface area contributed by atoms with Crippen LogP contribution in [0, 0.1) is 0 Å². The van der Waals surface area contributed by atoms with Gasteiger partial charge in [0.25, 0.3) is 5.91 Å². The third-order valence-corrected chi connectivity index (χ3v) is 5.84. The van der Waals surface area contributed by atoms with Crippen molar-refractivity contribution in [1.29, 1.82) is 0 Å². The molecular weight excluding hydrogens is 486 g/mol. The van der Waals surface area contributed by atoms with E-state index in [1.807, 2.05) is 4.90 Å². The number of rotatable bonds is 5. The SMILES string of the molecule is O=C(Nc1ccc(N2CCN(Cc3ccc(C(F)(F)F)cc3)CC2)nc1)c1cccc(C(F)(F)F)c1. The molecule has 0 aliphatic carbocycles. The van der Waals surface area contributed by atoms with Gasteiger partial charge < -0.3 is 10.2 Å². The summed E-state index contributed by atoms with van der Waals surface area (Å²) in [7, 11) is 0. The van der Waals surface area contributed by atoms with E-state index in [4.69, 9.17) is 0 Å². The minimum Gasteiger partial charge on any atom is -0.354 e. The Labute approximate surface area is 203 Å². The number of pyridine rings is 1. The second-order valence-electron chi connectivity index (χ2n) is 8.40. The highest BCUT2D eigenvalue weighted by atomic mass is 19.4. The number of halogens is 6. The van der Waals surface area contributed by atoms with Crippen molar-refractivity contribution < 1.29 is 31.1 Å². The molecule has 1 aliphatic heterocycles. The molecule has 0 radical (unpaired) electrons. The van der Waals surface area contributed by atoms with Crippen LogP contribution in [-0.4, -0.2) is 42.0 Å². The Balaban J connectivity index is 1.29. The number of benzene rings is 2. The monoisotopic (exact) mass is 508 g/mol. The number of nitrogens with one attached hydrogen (secondary N) is 1. The Bertz CT molecular complexity index is 1180. The fourth-order valence-corrected chi connectivity index (χ4v) is 3.88. The molecule has 3 aromatic rings. The standard InChI is InChI=1S/C25H22F6N4O/c26-24(27,28)19-6-4-17(5-7-19)16-34-10-12-35(13-11-34)22-9-8-21(15-32-22)33-23(36)18-2-1-3-20(14-18)25(29,30)31/h1-9,14-15H,10-13,16H2,(H,33,36). The van der Waals surface area contributed by atoms with Gasteiger partial charge in [-0.1, -0.05) is 18.2 Å². The molecule has 11 heteroatoms. The number of alkyl halides is 6. The average molecular weight is 508 g/mol. The molecular formula is C25H22F6N4O. The summed E-state index contributed by atoms with van der Waals surface area (Å²) in [5, 5.41) is 2.55. The lowest BCUT2D eigenvalue weighted by Crippen LogP contribution is -2.46. The minimum atomic E-state index is -4.54. The first-order valence-electron chi connectivity index (χ1n) is 11.1. The van der Waals surface area contributed by atoms with Crippen molar-refractivity contribution in [2.75, 3.05) is 36.4 Å². The molecule has 0 unspecified atom stereocenters. The summed E-state index contributed by atoms with van der Waals surface area (Å²) in [5.41, 5.74) is -0.534. The zero-order valence-corrected chi connectivity index (χ0v) is 18.9. The van der Waals surface area contributed by atoms with Crippen LogP contribution in [0.15, 0.2) is 66.9 Å². The van der Waals surface area contributed by atoms with E-state index in [-0.39, 0.29) is 5.56 Å². The number of nitrogens with zero attached hydrogens (tertiary/aromatic N) is 3. The number of carbonyl (C=O) groups is 1. The van der Waals surface area contributed by atoms with Gasteiger partial charge in [-0.3, -0.25) is 9.69 Å². The number of aromatic nitrogens is 1. The molecule has 2 heterocycles. The van der Waals surface area contributed by atoms with Crippen LogP contribution in [0.5, 0.6) is 0 Å². The van der Waals surface area contributed by atoms with Crippen molar-refractivity contribution in [2.24, 2.45) is 0 Å². The van der Waals surface area contributed by atoms with E-state index in [0.717, 1.165) is 29.8 Å². The molecule has 2 aromatic carbocycles. The van der Waals surface area contributed by atoms with E-state index in [1.165, 1.54) is 30.5 Å².